The van der Waals surface area contributed by atoms with Gasteiger partial charge in [-0.05, 0) is 0 Å². The molecule has 1 saturated heterocycles. The Bertz CT molecular complexity index is 414. The Balaban J connectivity index is 2.64. The maximum absolute atomic E-state index is 11.5. The number of aliphatic hydroxyl groups excluding tert-OH is 7. The molecule has 1 unspecified atom stereocenters. The van der Waals surface area contributed by atoms with Crippen LogP contribution in [0, 0.1) is 0 Å². The van der Waals surface area contributed by atoms with E-state index < -0.39 is 74.3 Å². The number of cyclic esters (lactones) is 1. The summed E-state index contributed by atoms with van der Waals surface area (Å²) in [5.74, 6) is -2.42. The van der Waals surface area contributed by atoms with Gasteiger partial charge in [-0.25, -0.2) is 4.79 Å². The van der Waals surface area contributed by atoms with Crippen LogP contribution in [0.15, 0.2) is 0 Å². The predicted octanol–water partition coefficient (Wildman–Crippen LogP) is -5.34. The lowest BCUT2D eigenvalue weighted by atomic mass is 10.0. The van der Waals surface area contributed by atoms with Crippen LogP contribution in [-0.4, -0.2) is 110 Å². The molecule has 0 amide bonds. The van der Waals surface area contributed by atoms with E-state index in [1.165, 1.54) is 0 Å². The van der Waals surface area contributed by atoms with E-state index in [4.69, 9.17) is 20.1 Å². The zero-order valence-electron chi connectivity index (χ0n) is 11.9. The summed E-state index contributed by atoms with van der Waals surface area (Å²) in [4.78, 5) is 22.7. The monoisotopic (exact) mass is 340 g/mol. The molecule has 1 heterocycles. The highest BCUT2D eigenvalue weighted by Crippen LogP contribution is 2.19. The van der Waals surface area contributed by atoms with E-state index in [0.717, 1.165) is 0 Å². The molecule has 11 nitrogen and oxygen atoms in total. The quantitative estimate of drug-likeness (QED) is 0.156. The fraction of sp³-hybridized carbons (Fsp3) is 0.833. The average Bonchev–Trinajstić information content (AvgIpc) is 2.84. The summed E-state index contributed by atoms with van der Waals surface area (Å²) in [6.07, 6.45) is -11.9. The number of carbonyl (C=O) groups is 2. The fourth-order valence-electron chi connectivity index (χ4n) is 1.93. The van der Waals surface area contributed by atoms with Gasteiger partial charge >= 0.3 is 5.97 Å². The van der Waals surface area contributed by atoms with Gasteiger partial charge < -0.3 is 45.2 Å². The Morgan fingerprint density at radius 2 is 1.52 bits per heavy atom. The first-order valence-electron chi connectivity index (χ1n) is 6.73. The Labute approximate surface area is 130 Å². The topological polar surface area (TPSA) is 194 Å². The number of Topliss-reactive ketones (excluding diaryl/α,β-unsaturated/α-hetero) is 1. The zero-order valence-corrected chi connectivity index (χ0v) is 11.9. The van der Waals surface area contributed by atoms with Crippen molar-refractivity contribution in [2.45, 2.75) is 42.7 Å². The predicted molar refractivity (Wildman–Crippen MR) is 68.8 cm³/mol. The first-order valence-corrected chi connectivity index (χ1v) is 6.73. The van der Waals surface area contributed by atoms with Crippen LogP contribution in [0.2, 0.25) is 0 Å². The molecule has 0 radical (unpaired) electrons. The van der Waals surface area contributed by atoms with Gasteiger partial charge in [0.1, 0.15) is 30.5 Å². The highest BCUT2D eigenvalue weighted by Gasteiger charge is 2.48. The van der Waals surface area contributed by atoms with Crippen LogP contribution in [-0.2, 0) is 19.1 Å². The summed E-state index contributed by atoms with van der Waals surface area (Å²) in [5.41, 5.74) is 0. The third-order valence-corrected chi connectivity index (χ3v) is 3.34. The van der Waals surface area contributed by atoms with Crippen LogP contribution in [0.1, 0.15) is 0 Å². The molecule has 7 N–H and O–H groups in total. The van der Waals surface area contributed by atoms with E-state index in [-0.39, 0.29) is 0 Å². The standard InChI is InChI=1S/C12H20O11/c13-1-4(15)7(18)8(19)6(17)3-22-11-9(20)12(21)23-10(11)5(16)2-14/h4-8,10-11,13-19H,1-3H2/t4-,5+,6+,7+,8-,10-,11?/m1/s1. The summed E-state index contributed by atoms with van der Waals surface area (Å²) in [6.45, 7) is -2.42. The molecular formula is C12H20O11. The molecule has 23 heavy (non-hydrogen) atoms. The van der Waals surface area contributed by atoms with Crippen LogP contribution in [0.3, 0.4) is 0 Å². The van der Waals surface area contributed by atoms with Gasteiger partial charge in [-0.3, -0.25) is 4.79 Å². The van der Waals surface area contributed by atoms with Gasteiger partial charge in [-0.15, -0.1) is 0 Å². The minimum Gasteiger partial charge on any atom is -0.450 e. The number of ketones is 1. The third-order valence-electron chi connectivity index (χ3n) is 3.34. The summed E-state index contributed by atoms with van der Waals surface area (Å²) in [5, 5.41) is 64.7. The number of ether oxygens (including phenoxy) is 2. The van der Waals surface area contributed by atoms with Crippen molar-refractivity contribution in [2.75, 3.05) is 19.8 Å². The number of hydrogen-bond acceptors (Lipinski definition) is 11. The van der Waals surface area contributed by atoms with Crippen molar-refractivity contribution in [3.8, 4) is 0 Å². The largest absolute Gasteiger partial charge is 0.450 e. The molecule has 1 aliphatic rings. The van der Waals surface area contributed by atoms with Gasteiger partial charge in [-0.2, -0.15) is 0 Å². The molecule has 0 aromatic rings. The first kappa shape index (κ1) is 19.9. The van der Waals surface area contributed by atoms with Crippen LogP contribution in [0.25, 0.3) is 0 Å². The number of hydrogen-bond donors (Lipinski definition) is 7. The van der Waals surface area contributed by atoms with Crippen LogP contribution >= 0.6 is 0 Å². The fourth-order valence-corrected chi connectivity index (χ4v) is 1.93. The van der Waals surface area contributed by atoms with Crippen LogP contribution < -0.4 is 0 Å². The SMILES string of the molecule is O=C1O[C@H]([C@@H](O)CO)C(OC[C@H](O)[C@@H](O)[C@@H](O)[C@H](O)CO)C1=O. The Morgan fingerprint density at radius 1 is 0.957 bits per heavy atom. The van der Waals surface area contributed by atoms with Crippen molar-refractivity contribution in [1.82, 2.24) is 0 Å². The molecule has 0 aliphatic carbocycles. The molecule has 7 atom stereocenters. The molecule has 0 bridgehead atoms. The Hall–Kier alpha value is -1.18. The lowest BCUT2D eigenvalue weighted by Gasteiger charge is -2.27. The molecule has 1 aliphatic heterocycles. The number of aliphatic hydroxyl groups is 7. The average molecular weight is 340 g/mol. The molecule has 0 saturated carbocycles. The molecule has 0 aromatic carbocycles. The van der Waals surface area contributed by atoms with E-state index >= 15 is 0 Å². The van der Waals surface area contributed by atoms with Gasteiger partial charge in [0.2, 0.25) is 0 Å². The molecule has 1 rings (SSSR count). The Kier molecular flexibility index (Phi) is 7.44. The van der Waals surface area contributed by atoms with Crippen LogP contribution in [0.4, 0.5) is 0 Å². The van der Waals surface area contributed by atoms with Crippen molar-refractivity contribution in [3.05, 3.63) is 0 Å². The minimum absolute atomic E-state index is 0.752. The lowest BCUT2D eigenvalue weighted by Crippen LogP contribution is -2.49. The van der Waals surface area contributed by atoms with Crippen molar-refractivity contribution in [2.24, 2.45) is 0 Å². The molecule has 134 valence electrons. The van der Waals surface area contributed by atoms with Crippen molar-refractivity contribution in [3.63, 3.8) is 0 Å². The highest BCUT2D eigenvalue weighted by atomic mass is 16.6. The lowest BCUT2D eigenvalue weighted by molar-refractivity contribution is -0.154. The smallest absolute Gasteiger partial charge is 0.378 e. The van der Waals surface area contributed by atoms with E-state index in [9.17, 15) is 30.0 Å². The van der Waals surface area contributed by atoms with Crippen molar-refractivity contribution >= 4 is 11.8 Å². The Morgan fingerprint density at radius 3 is 2.04 bits per heavy atom. The van der Waals surface area contributed by atoms with E-state index in [2.05, 4.69) is 4.74 Å². The van der Waals surface area contributed by atoms with E-state index in [1.54, 1.807) is 0 Å². The second kappa shape index (κ2) is 8.61. The summed E-state index contributed by atoms with van der Waals surface area (Å²) in [6, 6.07) is 0. The van der Waals surface area contributed by atoms with Gasteiger partial charge in [0.25, 0.3) is 5.78 Å². The zero-order chi connectivity index (χ0) is 17.7. The molecule has 1 fully saturated rings. The second-order valence-corrected chi connectivity index (χ2v) is 5.04. The van der Waals surface area contributed by atoms with Gasteiger partial charge in [0.05, 0.1) is 19.8 Å². The highest BCUT2D eigenvalue weighted by molar-refractivity contribution is 6.37. The maximum atomic E-state index is 11.5. The van der Waals surface area contributed by atoms with Crippen molar-refractivity contribution < 1.29 is 54.8 Å². The van der Waals surface area contributed by atoms with Gasteiger partial charge in [-0.1, -0.05) is 0 Å². The van der Waals surface area contributed by atoms with Crippen LogP contribution in [0.5, 0.6) is 0 Å². The van der Waals surface area contributed by atoms with E-state index in [1.807, 2.05) is 0 Å². The molecule has 0 spiro atoms. The normalized spacial score (nSPS) is 28.1. The first-order chi connectivity index (χ1) is 10.7. The second-order valence-electron chi connectivity index (χ2n) is 5.04. The van der Waals surface area contributed by atoms with Gasteiger partial charge in [0.15, 0.2) is 12.2 Å². The molecular weight excluding hydrogens is 320 g/mol. The third kappa shape index (κ3) is 4.65. The summed E-state index contributed by atoms with van der Waals surface area (Å²) in [7, 11) is 0. The number of rotatable bonds is 9. The van der Waals surface area contributed by atoms with E-state index in [0.29, 0.717) is 0 Å². The molecule has 11 heteroatoms. The number of carbonyl (C=O) groups excluding carboxylic acids is 2. The molecule has 0 aromatic heterocycles. The number of esters is 1. The summed E-state index contributed by atoms with van der Waals surface area (Å²) >= 11 is 0. The van der Waals surface area contributed by atoms with Gasteiger partial charge in [0, 0.05) is 0 Å². The summed E-state index contributed by atoms with van der Waals surface area (Å²) < 4.78 is 9.48. The van der Waals surface area contributed by atoms with Crippen molar-refractivity contribution in [1.29, 1.82) is 0 Å². The minimum atomic E-state index is -1.91. The maximum Gasteiger partial charge on any atom is 0.378 e.